The summed E-state index contributed by atoms with van der Waals surface area (Å²) in [5, 5.41) is 6.72. The van der Waals surface area contributed by atoms with Gasteiger partial charge in [-0.15, -0.1) is 11.3 Å². The summed E-state index contributed by atoms with van der Waals surface area (Å²) < 4.78 is 1.37. The molecular weight excluding hydrogens is 308 g/mol. The predicted molar refractivity (Wildman–Crippen MR) is 57.0 cm³/mol. The highest BCUT2D eigenvalue weighted by atomic mass is 79.9. The first-order chi connectivity index (χ1) is 5.65. The number of nitrogens with zero attached hydrogens (tertiary/aromatic N) is 2. The van der Waals surface area contributed by atoms with Gasteiger partial charge in [0, 0.05) is 0 Å². The van der Waals surface area contributed by atoms with Gasteiger partial charge in [0.2, 0.25) is 0 Å². The lowest BCUT2D eigenvalue weighted by Gasteiger charge is -1.91. The molecule has 0 unspecified atom stereocenters. The zero-order valence-corrected chi connectivity index (χ0v) is 9.70. The van der Waals surface area contributed by atoms with Crippen LogP contribution >= 0.6 is 43.2 Å². The molecule has 0 radical (unpaired) electrons. The van der Waals surface area contributed by atoms with E-state index in [0.29, 0.717) is 10.4 Å². The Bertz CT molecular complexity index is 332. The number of aliphatic imine (C=N–C) groups is 1. The minimum absolute atomic E-state index is 0.292. The van der Waals surface area contributed by atoms with Crippen molar-refractivity contribution >= 4 is 55.4 Å². The molecule has 0 aliphatic carbocycles. The molecule has 7 heteroatoms. The molecular formula is C5H4Br2N4S. The highest BCUT2D eigenvalue weighted by molar-refractivity contribution is 9.11. The van der Waals surface area contributed by atoms with Crippen molar-refractivity contribution in [1.29, 1.82) is 5.41 Å². The Hall–Kier alpha value is -0.270. The average Bonchev–Trinajstić information content (AvgIpc) is 2.30. The molecule has 0 fully saturated rings. The molecule has 1 rings (SSSR count). The van der Waals surface area contributed by atoms with E-state index in [0.717, 1.165) is 15.1 Å². The standard InChI is InChI=1S/C5H4Br2N4S/c6-3-2(4(9)10-1-8)12-5(7)11-3/h1H,(H3,8,9,10). The summed E-state index contributed by atoms with van der Waals surface area (Å²) in [6, 6.07) is 0. The van der Waals surface area contributed by atoms with Crippen molar-refractivity contribution in [2.45, 2.75) is 0 Å². The second-order valence-corrected chi connectivity index (χ2v) is 4.76. The van der Waals surface area contributed by atoms with Crippen LogP contribution in [0.15, 0.2) is 13.5 Å². The molecule has 0 aliphatic rings. The van der Waals surface area contributed by atoms with Crippen LogP contribution in [0.2, 0.25) is 0 Å². The second kappa shape index (κ2) is 4.11. The van der Waals surface area contributed by atoms with Crippen molar-refractivity contribution in [3.05, 3.63) is 13.4 Å². The number of halogens is 2. The average molecular weight is 312 g/mol. The second-order valence-electron chi connectivity index (χ2n) is 1.73. The van der Waals surface area contributed by atoms with Crippen LogP contribution in [0.5, 0.6) is 0 Å². The maximum atomic E-state index is 6.72. The zero-order valence-electron chi connectivity index (χ0n) is 5.71. The third-order valence-corrected chi connectivity index (χ3v) is 3.36. The first-order valence-corrected chi connectivity index (χ1v) is 5.20. The lowest BCUT2D eigenvalue weighted by molar-refractivity contribution is 1.32. The molecule has 3 N–H and O–H groups in total. The minimum Gasteiger partial charge on any atom is -0.382 e. The Morgan fingerprint density at radius 3 is 2.75 bits per heavy atom. The lowest BCUT2D eigenvalue weighted by atomic mass is 10.5. The maximum Gasteiger partial charge on any atom is 0.161 e. The van der Waals surface area contributed by atoms with E-state index in [-0.39, 0.29) is 0 Å². The van der Waals surface area contributed by atoms with E-state index < -0.39 is 0 Å². The van der Waals surface area contributed by atoms with E-state index in [1.54, 1.807) is 0 Å². The molecule has 0 amide bonds. The molecule has 0 saturated heterocycles. The van der Waals surface area contributed by atoms with E-state index in [4.69, 9.17) is 11.1 Å². The number of rotatable bonds is 2. The number of thiazole rings is 1. The highest BCUT2D eigenvalue weighted by Gasteiger charge is 2.09. The number of aromatic nitrogens is 1. The molecule has 0 saturated carbocycles. The third-order valence-electron chi connectivity index (χ3n) is 0.996. The monoisotopic (exact) mass is 310 g/mol. The Balaban J connectivity index is 3.10. The maximum absolute atomic E-state index is 6.72. The summed E-state index contributed by atoms with van der Waals surface area (Å²) in [6.07, 6.45) is 0.898. The van der Waals surface area contributed by atoms with Gasteiger partial charge in [-0.2, -0.15) is 0 Å². The fourth-order valence-electron chi connectivity index (χ4n) is 0.563. The van der Waals surface area contributed by atoms with Crippen LogP contribution in [-0.4, -0.2) is 17.2 Å². The third kappa shape index (κ3) is 2.11. The van der Waals surface area contributed by atoms with Crippen molar-refractivity contribution in [2.75, 3.05) is 0 Å². The summed E-state index contributed by atoms with van der Waals surface area (Å²) >= 11 is 7.80. The van der Waals surface area contributed by atoms with E-state index in [1.165, 1.54) is 11.3 Å². The van der Waals surface area contributed by atoms with Crippen LogP contribution < -0.4 is 5.73 Å². The van der Waals surface area contributed by atoms with E-state index in [1.807, 2.05) is 0 Å². The summed E-state index contributed by atoms with van der Waals surface area (Å²) in [6.45, 7) is 0. The SMILES string of the molecule is N=CN=C(N)c1sc(Br)nc1Br. The van der Waals surface area contributed by atoms with Gasteiger partial charge in [-0.3, -0.25) is 5.41 Å². The van der Waals surface area contributed by atoms with Gasteiger partial charge >= 0.3 is 0 Å². The van der Waals surface area contributed by atoms with Crippen molar-refractivity contribution in [1.82, 2.24) is 4.98 Å². The highest BCUT2D eigenvalue weighted by Crippen LogP contribution is 2.26. The van der Waals surface area contributed by atoms with E-state index in [9.17, 15) is 0 Å². The van der Waals surface area contributed by atoms with Gasteiger partial charge in [0.1, 0.15) is 21.7 Å². The molecule has 0 atom stereocenters. The van der Waals surface area contributed by atoms with Crippen LogP contribution in [-0.2, 0) is 0 Å². The van der Waals surface area contributed by atoms with Gasteiger partial charge in [0.25, 0.3) is 0 Å². The van der Waals surface area contributed by atoms with Gasteiger partial charge < -0.3 is 5.73 Å². The number of hydrogen-bond acceptors (Lipinski definition) is 3. The van der Waals surface area contributed by atoms with Crippen LogP contribution in [0.4, 0.5) is 0 Å². The minimum atomic E-state index is 0.292. The first-order valence-electron chi connectivity index (χ1n) is 2.79. The van der Waals surface area contributed by atoms with Gasteiger partial charge in [-0.25, -0.2) is 9.98 Å². The van der Waals surface area contributed by atoms with Crippen molar-refractivity contribution in [2.24, 2.45) is 10.7 Å². The summed E-state index contributed by atoms with van der Waals surface area (Å²) in [5.41, 5.74) is 5.54. The smallest absolute Gasteiger partial charge is 0.161 e. The molecule has 0 bridgehead atoms. The molecule has 64 valence electrons. The molecule has 12 heavy (non-hydrogen) atoms. The fourth-order valence-corrected chi connectivity index (χ4v) is 2.80. The first kappa shape index (κ1) is 9.82. The van der Waals surface area contributed by atoms with Crippen molar-refractivity contribution < 1.29 is 0 Å². The molecule has 1 aromatic heterocycles. The van der Waals surface area contributed by atoms with Gasteiger partial charge in [-0.1, -0.05) is 0 Å². The molecule has 1 heterocycles. The van der Waals surface area contributed by atoms with Crippen LogP contribution in [0.1, 0.15) is 4.88 Å². The number of nitrogens with one attached hydrogen (secondary N) is 1. The summed E-state index contributed by atoms with van der Waals surface area (Å²) in [5.74, 6) is 0.292. The number of hydrogen-bond donors (Lipinski definition) is 2. The largest absolute Gasteiger partial charge is 0.382 e. The predicted octanol–water partition coefficient (Wildman–Crippen LogP) is 1.98. The Morgan fingerprint density at radius 1 is 1.67 bits per heavy atom. The van der Waals surface area contributed by atoms with E-state index >= 15 is 0 Å². The molecule has 1 aromatic rings. The van der Waals surface area contributed by atoms with Gasteiger partial charge in [0.15, 0.2) is 3.92 Å². The summed E-state index contributed by atoms with van der Waals surface area (Å²) in [7, 11) is 0. The Kier molecular flexibility index (Phi) is 3.36. The van der Waals surface area contributed by atoms with Crippen LogP contribution in [0.25, 0.3) is 0 Å². The normalized spacial score (nSPS) is 11.7. The topological polar surface area (TPSA) is 75.1 Å². The Labute approximate surface area is 89.7 Å². The number of nitrogens with two attached hydrogens (primary N) is 1. The van der Waals surface area contributed by atoms with Crippen LogP contribution in [0, 0.1) is 5.41 Å². The zero-order chi connectivity index (χ0) is 9.14. The summed E-state index contributed by atoms with van der Waals surface area (Å²) in [4.78, 5) is 8.38. The van der Waals surface area contributed by atoms with Gasteiger partial charge in [0.05, 0.1) is 0 Å². The van der Waals surface area contributed by atoms with Crippen LogP contribution in [0.3, 0.4) is 0 Å². The fraction of sp³-hybridized carbons (Fsp3) is 0. The molecule has 0 aliphatic heterocycles. The number of amidine groups is 1. The van der Waals surface area contributed by atoms with Crippen molar-refractivity contribution in [3.8, 4) is 0 Å². The molecule has 4 nitrogen and oxygen atoms in total. The molecule has 0 spiro atoms. The molecule has 0 aromatic carbocycles. The quantitative estimate of drug-likeness (QED) is 0.647. The van der Waals surface area contributed by atoms with E-state index in [2.05, 4.69) is 41.8 Å². The van der Waals surface area contributed by atoms with Gasteiger partial charge in [-0.05, 0) is 31.9 Å². The van der Waals surface area contributed by atoms with Crippen molar-refractivity contribution in [3.63, 3.8) is 0 Å². The Morgan fingerprint density at radius 2 is 2.33 bits per heavy atom. The lowest BCUT2D eigenvalue weighted by Crippen LogP contribution is -2.12.